The zero-order valence-electron chi connectivity index (χ0n) is 23.8. The lowest BCUT2D eigenvalue weighted by Gasteiger charge is -2.34. The molecule has 2 atom stereocenters. The van der Waals surface area contributed by atoms with Gasteiger partial charge in [-0.3, -0.25) is 13.9 Å². The van der Waals surface area contributed by atoms with Crippen molar-refractivity contribution in [2.75, 3.05) is 18.0 Å². The zero-order valence-corrected chi connectivity index (χ0v) is 26.1. The highest BCUT2D eigenvalue weighted by Crippen LogP contribution is 2.29. The molecule has 12 heteroatoms. The van der Waals surface area contributed by atoms with Gasteiger partial charge in [0.25, 0.3) is 10.0 Å². The monoisotopic (exact) mass is 637 g/mol. The van der Waals surface area contributed by atoms with Crippen molar-refractivity contribution in [2.24, 2.45) is 0 Å². The van der Waals surface area contributed by atoms with Crippen LogP contribution in [-0.2, 0) is 26.2 Å². The first-order valence-electron chi connectivity index (χ1n) is 13.4. The summed E-state index contributed by atoms with van der Waals surface area (Å²) in [5, 5.41) is 3.49. The fourth-order valence-corrected chi connectivity index (χ4v) is 6.16. The van der Waals surface area contributed by atoms with E-state index in [-0.39, 0.29) is 29.6 Å². The Bertz CT molecular complexity index is 1470. The number of nitrogens with one attached hydrogen (secondary N) is 1. The maximum absolute atomic E-state index is 14.1. The number of carbonyl (C=O) groups excluding carboxylic acids is 2. The van der Waals surface area contributed by atoms with E-state index in [9.17, 15) is 22.4 Å². The van der Waals surface area contributed by atoms with Gasteiger partial charge in [0.05, 0.1) is 17.7 Å². The Morgan fingerprint density at radius 1 is 0.952 bits per heavy atom. The number of carbonyl (C=O) groups is 2. The molecule has 8 nitrogen and oxygen atoms in total. The summed E-state index contributed by atoms with van der Waals surface area (Å²) in [5.41, 5.74) is 0.476. The van der Waals surface area contributed by atoms with Gasteiger partial charge in [-0.2, -0.15) is 0 Å². The molecule has 226 valence electrons. The third-order valence-corrected chi connectivity index (χ3v) is 9.31. The first-order chi connectivity index (χ1) is 19.9. The average Bonchev–Trinajstić information content (AvgIpc) is 2.97. The molecule has 0 fully saturated rings. The van der Waals surface area contributed by atoms with Crippen molar-refractivity contribution in [2.45, 2.75) is 57.1 Å². The number of nitrogens with zero attached hydrogens (tertiary/aromatic N) is 2. The topological polar surface area (TPSA) is 96.0 Å². The van der Waals surface area contributed by atoms with Gasteiger partial charge in [0.2, 0.25) is 11.8 Å². The van der Waals surface area contributed by atoms with Crippen LogP contribution in [0.2, 0.25) is 10.0 Å². The summed E-state index contributed by atoms with van der Waals surface area (Å²) >= 11 is 12.9. The second kappa shape index (κ2) is 14.7. The summed E-state index contributed by atoms with van der Waals surface area (Å²) in [7, 11) is -2.88. The number of rotatable bonds is 13. The van der Waals surface area contributed by atoms with Crippen molar-refractivity contribution in [3.05, 3.63) is 88.2 Å². The normalized spacial score (nSPS) is 12.7. The minimum absolute atomic E-state index is 0.0633. The highest BCUT2D eigenvalue weighted by molar-refractivity contribution is 7.92. The Morgan fingerprint density at radius 3 is 2.07 bits per heavy atom. The lowest BCUT2D eigenvalue weighted by atomic mass is 10.1. The lowest BCUT2D eigenvalue weighted by molar-refractivity contribution is -0.140. The van der Waals surface area contributed by atoms with E-state index in [2.05, 4.69) is 5.32 Å². The maximum atomic E-state index is 14.1. The second-order valence-electron chi connectivity index (χ2n) is 9.63. The summed E-state index contributed by atoms with van der Waals surface area (Å²) in [6.07, 6.45) is 0.906. The Labute approximate surface area is 256 Å². The molecule has 42 heavy (non-hydrogen) atoms. The molecule has 0 spiro atoms. The van der Waals surface area contributed by atoms with Gasteiger partial charge in [0, 0.05) is 28.2 Å². The Balaban J connectivity index is 2.09. The molecule has 0 aliphatic rings. The first-order valence-corrected chi connectivity index (χ1v) is 15.6. The smallest absolute Gasteiger partial charge is 0.264 e. The molecule has 0 saturated carbocycles. The van der Waals surface area contributed by atoms with Crippen LogP contribution in [0.5, 0.6) is 5.75 Å². The van der Waals surface area contributed by atoms with Crippen molar-refractivity contribution in [3.63, 3.8) is 0 Å². The Kier molecular flexibility index (Phi) is 11.6. The lowest BCUT2D eigenvalue weighted by Crippen LogP contribution is -2.53. The van der Waals surface area contributed by atoms with Gasteiger partial charge < -0.3 is 15.0 Å². The maximum Gasteiger partial charge on any atom is 0.264 e. The SMILES string of the molecule is CC[C@H](C)NC(=O)[C@H](CC)N(Cc1c(Cl)cccc1Cl)C(=O)CN(c1ccc(F)cc1)S(=O)(=O)c1ccc(OC)cc1. The van der Waals surface area contributed by atoms with Gasteiger partial charge in [0.1, 0.15) is 24.2 Å². The van der Waals surface area contributed by atoms with Crippen LogP contribution in [0.1, 0.15) is 39.2 Å². The van der Waals surface area contributed by atoms with Crippen LogP contribution >= 0.6 is 23.2 Å². The van der Waals surface area contributed by atoms with Gasteiger partial charge in [-0.1, -0.05) is 43.1 Å². The van der Waals surface area contributed by atoms with Crippen molar-refractivity contribution < 1.29 is 27.1 Å². The van der Waals surface area contributed by atoms with E-state index >= 15 is 0 Å². The molecule has 3 aromatic carbocycles. The molecule has 0 unspecified atom stereocenters. The number of halogens is 3. The van der Waals surface area contributed by atoms with Gasteiger partial charge in [0.15, 0.2) is 0 Å². The summed E-state index contributed by atoms with van der Waals surface area (Å²) in [6.45, 7) is 4.68. The second-order valence-corrected chi connectivity index (χ2v) is 12.3. The molecule has 0 bridgehead atoms. The molecule has 0 heterocycles. The van der Waals surface area contributed by atoms with E-state index in [1.807, 2.05) is 13.8 Å². The molecule has 0 aromatic heterocycles. The number of benzene rings is 3. The Hall–Kier alpha value is -3.34. The molecule has 0 aliphatic carbocycles. The van der Waals surface area contributed by atoms with Crippen LogP contribution in [0.15, 0.2) is 71.6 Å². The van der Waals surface area contributed by atoms with Crippen molar-refractivity contribution in [1.29, 1.82) is 0 Å². The van der Waals surface area contributed by atoms with Crippen molar-refractivity contribution >= 4 is 50.7 Å². The molecule has 2 amide bonds. The highest BCUT2D eigenvalue weighted by atomic mass is 35.5. The predicted molar refractivity (Wildman–Crippen MR) is 163 cm³/mol. The number of hydrogen-bond acceptors (Lipinski definition) is 5. The number of hydrogen-bond donors (Lipinski definition) is 1. The largest absolute Gasteiger partial charge is 0.497 e. The third-order valence-electron chi connectivity index (χ3n) is 6.82. The minimum Gasteiger partial charge on any atom is -0.497 e. The minimum atomic E-state index is -4.33. The molecular formula is C30H34Cl2FN3O5S. The van der Waals surface area contributed by atoms with Gasteiger partial charge in [-0.25, -0.2) is 12.8 Å². The number of sulfonamides is 1. The number of methoxy groups -OCH3 is 1. The highest BCUT2D eigenvalue weighted by Gasteiger charge is 2.34. The van der Waals surface area contributed by atoms with Crippen LogP contribution in [0.25, 0.3) is 0 Å². The molecule has 1 N–H and O–H groups in total. The van der Waals surface area contributed by atoms with E-state index < -0.39 is 40.2 Å². The zero-order chi connectivity index (χ0) is 31.0. The van der Waals surface area contributed by atoms with Crippen molar-refractivity contribution in [1.82, 2.24) is 10.2 Å². The molecule has 0 aliphatic heterocycles. The quantitative estimate of drug-likeness (QED) is 0.246. The van der Waals surface area contributed by atoms with E-state index in [1.54, 1.807) is 25.1 Å². The molecule has 0 radical (unpaired) electrons. The third kappa shape index (κ3) is 7.93. The number of anilines is 1. The van der Waals surface area contributed by atoms with E-state index in [4.69, 9.17) is 27.9 Å². The standard InChI is InChI=1S/C30H34Cl2FN3O5S/c1-5-20(3)34-30(38)28(6-2)35(18-25-26(31)8-7-9-27(25)32)29(37)19-36(22-12-10-21(33)11-13-22)42(39,40)24-16-14-23(41-4)15-17-24/h7-17,20,28H,5-6,18-19H2,1-4H3,(H,34,38)/t20-,28-/m0/s1. The summed E-state index contributed by atoms with van der Waals surface area (Å²) in [4.78, 5) is 28.7. The molecule has 3 aromatic rings. The van der Waals surface area contributed by atoms with E-state index in [0.717, 1.165) is 16.4 Å². The van der Waals surface area contributed by atoms with Gasteiger partial charge in [-0.05, 0) is 80.4 Å². The molecular weight excluding hydrogens is 604 g/mol. The van der Waals surface area contributed by atoms with Crippen LogP contribution in [0, 0.1) is 5.82 Å². The van der Waals surface area contributed by atoms with Gasteiger partial charge >= 0.3 is 0 Å². The summed E-state index contributed by atoms with van der Waals surface area (Å²) in [6, 6.07) is 14.2. The fourth-order valence-electron chi connectivity index (χ4n) is 4.23. The molecule has 0 saturated heterocycles. The molecule has 3 rings (SSSR count). The number of amides is 2. The van der Waals surface area contributed by atoms with E-state index in [1.165, 1.54) is 48.4 Å². The van der Waals surface area contributed by atoms with Crippen molar-refractivity contribution in [3.8, 4) is 5.75 Å². The summed E-state index contributed by atoms with van der Waals surface area (Å²) < 4.78 is 47.6. The Morgan fingerprint density at radius 2 is 1.55 bits per heavy atom. The van der Waals surface area contributed by atoms with Crippen LogP contribution in [0.4, 0.5) is 10.1 Å². The van der Waals surface area contributed by atoms with E-state index in [0.29, 0.717) is 27.8 Å². The van der Waals surface area contributed by atoms with Crippen LogP contribution < -0.4 is 14.4 Å². The van der Waals surface area contributed by atoms with Gasteiger partial charge in [-0.15, -0.1) is 0 Å². The summed E-state index contributed by atoms with van der Waals surface area (Å²) in [5.74, 6) is -1.21. The van der Waals surface area contributed by atoms with Crippen LogP contribution in [-0.4, -0.2) is 50.9 Å². The predicted octanol–water partition coefficient (Wildman–Crippen LogP) is 6.06. The average molecular weight is 639 g/mol. The number of ether oxygens (including phenoxy) is 1. The fraction of sp³-hybridized carbons (Fsp3) is 0.333. The first kappa shape index (κ1) is 33.2. The van der Waals surface area contributed by atoms with Crippen LogP contribution in [0.3, 0.4) is 0 Å².